The number of carbonyl (C=O) groups excluding carboxylic acids is 1. The molecule has 0 atom stereocenters. The molecule has 0 saturated carbocycles. The molecule has 0 aliphatic carbocycles. The van der Waals surface area contributed by atoms with Gasteiger partial charge in [0.25, 0.3) is 5.95 Å². The van der Waals surface area contributed by atoms with Crippen LogP contribution in [0.2, 0.25) is 0 Å². The smallest absolute Gasteiger partial charge is 0.413 e. The first kappa shape index (κ1) is 28.1. The van der Waals surface area contributed by atoms with E-state index in [-0.39, 0.29) is 46.4 Å². The fourth-order valence-corrected chi connectivity index (χ4v) is 3.08. The molecule has 2 rings (SSSR count). The van der Waals surface area contributed by atoms with Crippen molar-refractivity contribution in [3.63, 3.8) is 0 Å². The lowest BCUT2D eigenvalue weighted by Gasteiger charge is -2.22. The molecule has 1 aliphatic rings. The number of rotatable bonds is 7. The van der Waals surface area contributed by atoms with Gasteiger partial charge < -0.3 is 16.2 Å². The van der Waals surface area contributed by atoms with E-state index < -0.39 is 36.4 Å². The number of nitrogen functional groups attached to an aromatic ring is 2. The molecule has 2 heterocycles. The summed E-state index contributed by atoms with van der Waals surface area (Å²) in [6, 6.07) is 0. The zero-order chi connectivity index (χ0) is 27.0. The normalized spacial score (nSPS) is 17.6. The molecular weight excluding hydrogens is 501 g/mol. The van der Waals surface area contributed by atoms with Crippen molar-refractivity contribution in [2.45, 2.75) is 6.42 Å². The van der Waals surface area contributed by atoms with E-state index in [1.807, 2.05) is 0 Å². The Morgan fingerprint density at radius 3 is 2.53 bits per heavy atom. The summed E-state index contributed by atoms with van der Waals surface area (Å²) in [4.78, 5) is 25.2. The maximum absolute atomic E-state index is 14.5. The SMILES string of the molecule is C=C/C=C(F)\C(F)=C(/CF)C/C1=N/N(c2nc(N)c(N(C)C(=O)OC)c(N)n2)C/C=C\C(Cl)=NC1=C. The van der Waals surface area contributed by atoms with Crippen molar-refractivity contribution in [3.05, 3.63) is 60.4 Å². The van der Waals surface area contributed by atoms with Crippen molar-refractivity contribution in [1.29, 1.82) is 0 Å². The molecule has 1 aliphatic heterocycles. The second-order valence-corrected chi connectivity index (χ2v) is 7.45. The summed E-state index contributed by atoms with van der Waals surface area (Å²) < 4.78 is 46.8. The number of amides is 1. The van der Waals surface area contributed by atoms with Gasteiger partial charge in [-0.15, -0.1) is 0 Å². The number of carbonyl (C=O) groups is 1. The summed E-state index contributed by atoms with van der Waals surface area (Å²) in [6.45, 7) is 5.70. The van der Waals surface area contributed by atoms with Gasteiger partial charge in [-0.25, -0.2) is 28.0 Å². The Morgan fingerprint density at radius 1 is 1.33 bits per heavy atom. The topological polar surface area (TPSA) is 135 Å². The minimum atomic E-state index is -1.41. The van der Waals surface area contributed by atoms with Crippen LogP contribution in [0, 0.1) is 0 Å². The number of halogens is 4. The second kappa shape index (κ2) is 12.5. The number of nitrogens with two attached hydrogens (primary N) is 2. The predicted molar refractivity (Wildman–Crippen MR) is 136 cm³/mol. The van der Waals surface area contributed by atoms with E-state index in [1.54, 1.807) is 6.08 Å². The Balaban J connectivity index is 2.61. The Kier molecular flexibility index (Phi) is 9.79. The number of nitrogens with zero attached hydrogens (tertiary/aromatic N) is 6. The van der Waals surface area contributed by atoms with Crippen LogP contribution in [0.1, 0.15) is 6.42 Å². The van der Waals surface area contributed by atoms with Crippen molar-refractivity contribution in [2.24, 2.45) is 10.1 Å². The fourth-order valence-electron chi connectivity index (χ4n) is 2.88. The quantitative estimate of drug-likeness (QED) is 0.506. The van der Waals surface area contributed by atoms with Gasteiger partial charge in [0, 0.05) is 19.0 Å². The van der Waals surface area contributed by atoms with Crippen LogP contribution < -0.4 is 21.4 Å². The van der Waals surface area contributed by atoms with Gasteiger partial charge >= 0.3 is 6.09 Å². The highest BCUT2D eigenvalue weighted by atomic mass is 35.5. The summed E-state index contributed by atoms with van der Waals surface area (Å²) in [6.07, 6.45) is 3.48. The minimum Gasteiger partial charge on any atom is -0.452 e. The number of aromatic nitrogens is 2. The monoisotopic (exact) mass is 524 g/mol. The van der Waals surface area contributed by atoms with Crippen LogP contribution in [0.4, 0.5) is 41.2 Å². The van der Waals surface area contributed by atoms with E-state index in [0.29, 0.717) is 0 Å². The highest BCUT2D eigenvalue weighted by Gasteiger charge is 2.23. The molecule has 1 aromatic rings. The van der Waals surface area contributed by atoms with E-state index in [4.69, 9.17) is 23.1 Å². The molecule has 0 aromatic carbocycles. The van der Waals surface area contributed by atoms with Gasteiger partial charge in [-0.3, -0.25) is 4.90 Å². The van der Waals surface area contributed by atoms with Crippen molar-refractivity contribution in [1.82, 2.24) is 9.97 Å². The number of hydrazone groups is 1. The highest BCUT2D eigenvalue weighted by molar-refractivity contribution is 6.68. The molecule has 1 aromatic heterocycles. The lowest BCUT2D eigenvalue weighted by Crippen LogP contribution is -2.29. The molecule has 14 heteroatoms. The molecule has 0 bridgehead atoms. The summed E-state index contributed by atoms with van der Waals surface area (Å²) in [5.74, 6) is -3.19. The van der Waals surface area contributed by atoms with E-state index >= 15 is 0 Å². The van der Waals surface area contributed by atoms with Crippen LogP contribution in [0.25, 0.3) is 0 Å². The largest absolute Gasteiger partial charge is 0.452 e. The third-order valence-corrected chi connectivity index (χ3v) is 4.83. The molecular formula is C22H24ClF3N8O2. The van der Waals surface area contributed by atoms with Gasteiger partial charge in [0.15, 0.2) is 23.3 Å². The first-order valence-electron chi connectivity index (χ1n) is 10.2. The molecule has 1 amide bonds. The number of methoxy groups -OCH3 is 1. The average molecular weight is 525 g/mol. The number of alkyl halides is 1. The first-order valence-corrected chi connectivity index (χ1v) is 10.5. The van der Waals surface area contributed by atoms with E-state index in [1.165, 1.54) is 25.2 Å². The van der Waals surface area contributed by atoms with Gasteiger partial charge in [-0.1, -0.05) is 36.9 Å². The lowest BCUT2D eigenvalue weighted by molar-refractivity contribution is 0.180. The molecule has 192 valence electrons. The van der Waals surface area contributed by atoms with E-state index in [9.17, 15) is 18.0 Å². The summed E-state index contributed by atoms with van der Waals surface area (Å²) in [5, 5.41) is 5.53. The Bertz CT molecular complexity index is 1190. The van der Waals surface area contributed by atoms with Gasteiger partial charge in [-0.05, 0) is 12.2 Å². The maximum Gasteiger partial charge on any atom is 0.413 e. The molecule has 0 spiro atoms. The zero-order valence-corrected chi connectivity index (χ0v) is 20.3. The maximum atomic E-state index is 14.5. The van der Waals surface area contributed by atoms with E-state index in [0.717, 1.165) is 17.1 Å². The molecule has 0 fully saturated rings. The summed E-state index contributed by atoms with van der Waals surface area (Å²) >= 11 is 6.06. The average Bonchev–Trinajstić information content (AvgIpc) is 2.89. The molecule has 4 N–H and O–H groups in total. The van der Waals surface area contributed by atoms with E-state index in [2.05, 4.69) is 38.0 Å². The number of hydrogen-bond acceptors (Lipinski definition) is 9. The highest BCUT2D eigenvalue weighted by Crippen LogP contribution is 2.30. The van der Waals surface area contributed by atoms with Gasteiger partial charge in [-0.2, -0.15) is 15.1 Å². The summed E-state index contributed by atoms with van der Waals surface area (Å²) in [5.41, 5.74) is 11.4. The molecule has 0 radical (unpaired) electrons. The minimum absolute atomic E-state index is 0.000370. The standard InChI is InChI=1S/C22H24ClF3N8O2/c1-5-7-14(25)17(26)13(11-24)10-15-12(2)29-16(23)8-6-9-34(32-15)21-30-19(27)18(20(28)31-21)33(3)22(35)36-4/h5-8H,1-2,9-11H2,3-4H3,(H4,27,28,30,31)/b8-6-,14-7+,17-13+,29-16?,32-15-. The van der Waals surface area contributed by atoms with Crippen LogP contribution in [-0.4, -0.2) is 54.3 Å². The molecule has 10 nitrogen and oxygen atoms in total. The number of allylic oxidation sites excluding steroid dienone is 7. The fraction of sp³-hybridized carbons (Fsp3) is 0.227. The van der Waals surface area contributed by atoms with Crippen molar-refractivity contribution in [3.8, 4) is 0 Å². The zero-order valence-electron chi connectivity index (χ0n) is 19.5. The lowest BCUT2D eigenvalue weighted by atomic mass is 10.1. The third kappa shape index (κ3) is 6.72. The van der Waals surface area contributed by atoms with Gasteiger partial charge in [0.05, 0.1) is 25.1 Å². The van der Waals surface area contributed by atoms with Crippen molar-refractivity contribution >= 4 is 51.8 Å². The number of aliphatic imine (C=N–C) groups is 1. The van der Waals surface area contributed by atoms with Gasteiger partial charge in [0.2, 0.25) is 0 Å². The number of ether oxygens (including phenoxy) is 1. The number of hydrogen-bond donors (Lipinski definition) is 2. The second-order valence-electron chi connectivity index (χ2n) is 7.06. The Morgan fingerprint density at radius 2 is 1.97 bits per heavy atom. The van der Waals surface area contributed by atoms with Gasteiger partial charge in [0.1, 0.15) is 17.5 Å². The van der Waals surface area contributed by atoms with Crippen LogP contribution in [0.15, 0.2) is 70.5 Å². The van der Waals surface area contributed by atoms with Crippen LogP contribution in [0.5, 0.6) is 0 Å². The van der Waals surface area contributed by atoms with Crippen molar-refractivity contribution < 1.29 is 22.7 Å². The predicted octanol–water partition coefficient (Wildman–Crippen LogP) is 4.35. The third-order valence-electron chi connectivity index (χ3n) is 4.62. The Labute approximate surface area is 210 Å². The molecule has 0 unspecified atom stereocenters. The Hall–Kier alpha value is -4.13. The first-order chi connectivity index (χ1) is 17.0. The summed E-state index contributed by atoms with van der Waals surface area (Å²) in [7, 11) is 2.53. The molecule has 36 heavy (non-hydrogen) atoms. The van der Waals surface area contributed by atoms with Crippen LogP contribution in [0.3, 0.4) is 0 Å². The number of anilines is 4. The van der Waals surface area contributed by atoms with Crippen molar-refractivity contribution in [2.75, 3.05) is 48.8 Å². The van der Waals surface area contributed by atoms with Crippen LogP contribution in [-0.2, 0) is 4.74 Å². The molecule has 0 saturated heterocycles. The van der Waals surface area contributed by atoms with Crippen LogP contribution >= 0.6 is 11.6 Å².